The predicted molar refractivity (Wildman–Crippen MR) is 131 cm³/mol. The number of allylic oxidation sites excluding steroid dienone is 2. The van der Waals surface area contributed by atoms with E-state index in [1.165, 1.54) is 6.07 Å². The molecule has 1 aliphatic carbocycles. The van der Waals surface area contributed by atoms with Crippen LogP contribution >= 0.6 is 11.6 Å². The van der Waals surface area contributed by atoms with Gasteiger partial charge in [0.05, 0.1) is 5.56 Å². The number of nitrogens with one attached hydrogen (secondary N) is 1. The summed E-state index contributed by atoms with van der Waals surface area (Å²) in [6.07, 6.45) is 6.58. The molecule has 1 N–H and O–H groups in total. The highest BCUT2D eigenvalue weighted by molar-refractivity contribution is 6.31. The zero-order chi connectivity index (χ0) is 24.8. The fourth-order valence-corrected chi connectivity index (χ4v) is 5.19. The van der Waals surface area contributed by atoms with Gasteiger partial charge in [-0.1, -0.05) is 17.7 Å². The van der Waals surface area contributed by atoms with Gasteiger partial charge < -0.3 is 15.1 Å². The van der Waals surface area contributed by atoms with E-state index in [0.717, 1.165) is 75.7 Å². The number of aromatic nitrogens is 1. The molecule has 0 bridgehead atoms. The van der Waals surface area contributed by atoms with Crippen molar-refractivity contribution in [2.24, 2.45) is 0 Å². The Hall–Kier alpha value is -2.10. The van der Waals surface area contributed by atoms with Gasteiger partial charge in [-0.25, -0.2) is 4.98 Å². The SMILES string of the molecule is O=C(CCCN1CCN(C2C=C(Cl)C=CC2)CC1)NC1CCN(c2ccc(C(F)(F)F)cn2)CC1. The second-order valence-electron chi connectivity index (χ2n) is 9.47. The quantitative estimate of drug-likeness (QED) is 0.599. The maximum Gasteiger partial charge on any atom is 0.417 e. The number of rotatable bonds is 7. The van der Waals surface area contributed by atoms with Crippen molar-refractivity contribution in [2.45, 2.75) is 50.4 Å². The van der Waals surface area contributed by atoms with E-state index in [4.69, 9.17) is 11.6 Å². The minimum Gasteiger partial charge on any atom is -0.356 e. The molecule has 1 atom stereocenters. The maximum atomic E-state index is 12.7. The predicted octanol–water partition coefficient (Wildman–Crippen LogP) is 4.03. The number of pyridine rings is 1. The van der Waals surface area contributed by atoms with E-state index in [9.17, 15) is 18.0 Å². The van der Waals surface area contributed by atoms with Crippen molar-refractivity contribution in [1.29, 1.82) is 0 Å². The van der Waals surface area contributed by atoms with Crippen LogP contribution in [0.25, 0.3) is 0 Å². The van der Waals surface area contributed by atoms with Crippen LogP contribution in [0.1, 0.15) is 37.7 Å². The lowest BCUT2D eigenvalue weighted by Gasteiger charge is -2.38. The Labute approximate surface area is 209 Å². The van der Waals surface area contributed by atoms with Gasteiger partial charge in [-0.15, -0.1) is 0 Å². The Morgan fingerprint density at radius 2 is 1.86 bits per heavy atom. The molecule has 1 aromatic rings. The van der Waals surface area contributed by atoms with Gasteiger partial charge in [0.1, 0.15) is 5.82 Å². The van der Waals surface area contributed by atoms with Crippen LogP contribution in [0, 0.1) is 0 Å². The van der Waals surface area contributed by atoms with Crippen molar-refractivity contribution in [2.75, 3.05) is 50.7 Å². The molecule has 1 unspecified atom stereocenters. The van der Waals surface area contributed by atoms with Gasteiger partial charge in [-0.05, 0) is 56.5 Å². The van der Waals surface area contributed by atoms with Crippen LogP contribution in [0.4, 0.5) is 19.0 Å². The summed E-state index contributed by atoms with van der Waals surface area (Å²) in [6.45, 7) is 6.26. The van der Waals surface area contributed by atoms with Crippen molar-refractivity contribution in [3.63, 3.8) is 0 Å². The van der Waals surface area contributed by atoms with Gasteiger partial charge in [-0.2, -0.15) is 13.2 Å². The highest BCUT2D eigenvalue weighted by Gasteiger charge is 2.31. The molecular formula is C25H33ClF3N5O. The van der Waals surface area contributed by atoms with Gasteiger partial charge in [0.2, 0.25) is 5.91 Å². The molecule has 1 aromatic heterocycles. The normalized spacial score (nSPS) is 22.8. The van der Waals surface area contributed by atoms with Crippen LogP contribution in [0.5, 0.6) is 0 Å². The number of carbonyl (C=O) groups excluding carboxylic acids is 1. The molecule has 3 aliphatic rings. The van der Waals surface area contributed by atoms with Crippen LogP contribution in [-0.4, -0.2) is 78.6 Å². The first-order valence-corrected chi connectivity index (χ1v) is 12.7. The Bertz CT molecular complexity index is 905. The third-order valence-corrected chi connectivity index (χ3v) is 7.27. The Balaban J connectivity index is 1.10. The first-order valence-electron chi connectivity index (χ1n) is 12.4. The summed E-state index contributed by atoms with van der Waals surface area (Å²) in [7, 11) is 0. The molecule has 4 rings (SSSR count). The lowest BCUT2D eigenvalue weighted by molar-refractivity contribution is -0.137. The molecule has 10 heteroatoms. The monoisotopic (exact) mass is 511 g/mol. The summed E-state index contributed by atoms with van der Waals surface area (Å²) in [6, 6.07) is 2.97. The third-order valence-electron chi connectivity index (χ3n) is 7.02. The van der Waals surface area contributed by atoms with Crippen LogP contribution < -0.4 is 10.2 Å². The molecule has 3 heterocycles. The van der Waals surface area contributed by atoms with Crippen molar-refractivity contribution in [3.8, 4) is 0 Å². The fraction of sp³-hybridized carbons (Fsp3) is 0.600. The average molecular weight is 512 g/mol. The largest absolute Gasteiger partial charge is 0.417 e. The van der Waals surface area contributed by atoms with E-state index in [2.05, 4.69) is 32.3 Å². The zero-order valence-corrected chi connectivity index (χ0v) is 20.6. The van der Waals surface area contributed by atoms with Crippen LogP contribution in [-0.2, 0) is 11.0 Å². The standard InChI is InChI=1S/C25H33ClF3N5O/c26-20-3-1-4-22(17-20)33-15-13-32(14-16-33)10-2-5-24(35)31-21-8-11-34(12-9-21)23-7-6-19(18-30-23)25(27,28)29/h1,3,6-7,17-18,21-22H,2,4-5,8-16H2,(H,31,35). The molecule has 192 valence electrons. The molecule has 6 nitrogen and oxygen atoms in total. The summed E-state index contributed by atoms with van der Waals surface area (Å²) in [5, 5.41) is 3.94. The molecule has 0 aromatic carbocycles. The molecular weight excluding hydrogens is 479 g/mol. The van der Waals surface area contributed by atoms with Gasteiger partial charge in [-0.3, -0.25) is 9.69 Å². The summed E-state index contributed by atoms with van der Waals surface area (Å²) in [5.74, 6) is 0.616. The molecule has 0 saturated carbocycles. The molecule has 35 heavy (non-hydrogen) atoms. The summed E-state index contributed by atoms with van der Waals surface area (Å²) in [5.41, 5.74) is -0.742. The number of anilines is 1. The highest BCUT2D eigenvalue weighted by Crippen LogP contribution is 2.30. The number of piperazine rings is 1. The van der Waals surface area contributed by atoms with E-state index in [1.54, 1.807) is 0 Å². The van der Waals surface area contributed by atoms with Crippen molar-refractivity contribution >= 4 is 23.3 Å². The third kappa shape index (κ3) is 7.44. The van der Waals surface area contributed by atoms with Crippen LogP contribution in [0.2, 0.25) is 0 Å². The summed E-state index contributed by atoms with van der Waals surface area (Å²) in [4.78, 5) is 23.3. The number of carbonyl (C=O) groups is 1. The Morgan fingerprint density at radius 3 is 2.49 bits per heavy atom. The van der Waals surface area contributed by atoms with Crippen LogP contribution in [0.15, 0.2) is 41.6 Å². The van der Waals surface area contributed by atoms with E-state index in [-0.39, 0.29) is 11.9 Å². The Morgan fingerprint density at radius 1 is 1.11 bits per heavy atom. The lowest BCUT2D eigenvalue weighted by Crippen LogP contribution is -2.50. The van der Waals surface area contributed by atoms with E-state index in [0.29, 0.717) is 31.4 Å². The van der Waals surface area contributed by atoms with Crippen molar-refractivity contribution in [1.82, 2.24) is 20.1 Å². The van der Waals surface area contributed by atoms with E-state index >= 15 is 0 Å². The van der Waals surface area contributed by atoms with Crippen molar-refractivity contribution in [3.05, 3.63) is 47.2 Å². The van der Waals surface area contributed by atoms with Crippen molar-refractivity contribution < 1.29 is 18.0 Å². The molecule has 2 aliphatic heterocycles. The number of hydrogen-bond acceptors (Lipinski definition) is 5. The number of halogens is 4. The molecule has 1 amide bonds. The summed E-state index contributed by atoms with van der Waals surface area (Å²) < 4.78 is 38.2. The number of amides is 1. The zero-order valence-electron chi connectivity index (χ0n) is 19.8. The van der Waals surface area contributed by atoms with E-state index < -0.39 is 11.7 Å². The topological polar surface area (TPSA) is 51.7 Å². The minimum absolute atomic E-state index is 0.0727. The molecule has 0 radical (unpaired) electrons. The van der Waals surface area contributed by atoms with E-state index in [1.807, 2.05) is 11.0 Å². The molecule has 2 saturated heterocycles. The fourth-order valence-electron chi connectivity index (χ4n) is 4.96. The second kappa shape index (κ2) is 11.8. The maximum absolute atomic E-state index is 12.7. The van der Waals surface area contributed by atoms with Gasteiger partial charge in [0, 0.05) is 69.0 Å². The van der Waals surface area contributed by atoms with Gasteiger partial charge in [0.15, 0.2) is 0 Å². The second-order valence-corrected chi connectivity index (χ2v) is 9.91. The number of hydrogen-bond donors (Lipinski definition) is 1. The smallest absolute Gasteiger partial charge is 0.356 e. The van der Waals surface area contributed by atoms with Gasteiger partial charge >= 0.3 is 6.18 Å². The number of alkyl halides is 3. The first kappa shape index (κ1) is 26.0. The first-order chi connectivity index (χ1) is 16.8. The Kier molecular flexibility index (Phi) is 8.73. The summed E-state index contributed by atoms with van der Waals surface area (Å²) >= 11 is 6.14. The molecule has 2 fully saturated rings. The average Bonchev–Trinajstić information content (AvgIpc) is 2.84. The highest BCUT2D eigenvalue weighted by atomic mass is 35.5. The van der Waals surface area contributed by atoms with Crippen LogP contribution in [0.3, 0.4) is 0 Å². The lowest BCUT2D eigenvalue weighted by atomic mass is 10.0. The minimum atomic E-state index is -4.38. The number of piperidine rings is 1. The van der Waals surface area contributed by atoms with Gasteiger partial charge in [0.25, 0.3) is 0 Å². The molecule has 0 spiro atoms. The number of nitrogens with zero attached hydrogens (tertiary/aromatic N) is 4.